The highest BCUT2D eigenvalue weighted by molar-refractivity contribution is 6.17. The van der Waals surface area contributed by atoms with Gasteiger partial charge in [0, 0.05) is 18.5 Å². The smallest absolute Gasteiger partial charge is 0.234 e. The molecule has 0 unspecified atom stereocenters. The van der Waals surface area contributed by atoms with Crippen molar-refractivity contribution in [1.82, 2.24) is 0 Å². The number of hydrogen-bond acceptors (Lipinski definition) is 3. The Hall–Kier alpha value is -1.91. The normalized spacial score (nSPS) is 21.9. The van der Waals surface area contributed by atoms with Crippen LogP contribution in [0.1, 0.15) is 44.9 Å². The standard InChI is InChI=1S/C16H19FN2O2/c17-12-5-4-11(18)8-13(12)19-14(20)9-16(10-15(19)21)6-2-1-3-7-16/h4-5,8H,1-3,6-7,9-10,18H2. The van der Waals surface area contributed by atoms with Crippen molar-refractivity contribution in [1.29, 1.82) is 0 Å². The molecule has 2 amide bonds. The third kappa shape index (κ3) is 2.52. The summed E-state index contributed by atoms with van der Waals surface area (Å²) in [5.74, 6) is -1.21. The molecule has 2 fully saturated rings. The minimum Gasteiger partial charge on any atom is -0.399 e. The van der Waals surface area contributed by atoms with Crippen LogP contribution < -0.4 is 10.6 Å². The van der Waals surface area contributed by atoms with E-state index >= 15 is 0 Å². The quantitative estimate of drug-likeness (QED) is 0.638. The highest BCUT2D eigenvalue weighted by Gasteiger charge is 2.45. The predicted octanol–water partition coefficient (Wildman–Crippen LogP) is 3.01. The molecular weight excluding hydrogens is 271 g/mol. The molecule has 112 valence electrons. The Kier molecular flexibility index (Phi) is 3.43. The molecule has 2 aliphatic rings. The van der Waals surface area contributed by atoms with E-state index in [2.05, 4.69) is 0 Å². The molecule has 21 heavy (non-hydrogen) atoms. The van der Waals surface area contributed by atoms with E-state index in [-0.39, 0.29) is 22.9 Å². The zero-order chi connectivity index (χ0) is 15.0. The van der Waals surface area contributed by atoms with Gasteiger partial charge in [-0.2, -0.15) is 0 Å². The van der Waals surface area contributed by atoms with Gasteiger partial charge in [0.25, 0.3) is 0 Å². The Morgan fingerprint density at radius 3 is 2.29 bits per heavy atom. The molecule has 1 saturated carbocycles. The van der Waals surface area contributed by atoms with Crippen molar-refractivity contribution in [3.8, 4) is 0 Å². The largest absolute Gasteiger partial charge is 0.399 e. The van der Waals surface area contributed by atoms with Crippen molar-refractivity contribution >= 4 is 23.2 Å². The molecule has 1 saturated heterocycles. The number of piperidine rings is 1. The summed E-state index contributed by atoms with van der Waals surface area (Å²) in [6.45, 7) is 0. The van der Waals surface area contributed by atoms with Crippen molar-refractivity contribution in [2.24, 2.45) is 5.41 Å². The lowest BCUT2D eigenvalue weighted by atomic mass is 9.67. The first-order chi connectivity index (χ1) is 10.0. The number of nitrogens with zero attached hydrogens (tertiary/aromatic N) is 1. The fraction of sp³-hybridized carbons (Fsp3) is 0.500. The molecule has 0 atom stereocenters. The van der Waals surface area contributed by atoms with E-state index in [1.54, 1.807) is 0 Å². The molecule has 1 aliphatic heterocycles. The number of imide groups is 1. The first kappa shape index (κ1) is 14.0. The second kappa shape index (κ2) is 5.13. The summed E-state index contributed by atoms with van der Waals surface area (Å²) >= 11 is 0. The van der Waals surface area contributed by atoms with Crippen molar-refractivity contribution in [3.63, 3.8) is 0 Å². The van der Waals surface area contributed by atoms with Gasteiger partial charge in [-0.05, 0) is 36.5 Å². The summed E-state index contributed by atoms with van der Waals surface area (Å²) in [4.78, 5) is 25.9. The van der Waals surface area contributed by atoms with Gasteiger partial charge in [-0.15, -0.1) is 0 Å². The highest BCUT2D eigenvalue weighted by atomic mass is 19.1. The number of carbonyl (C=O) groups is 2. The third-order valence-corrected chi connectivity index (χ3v) is 4.68. The molecule has 1 aliphatic carbocycles. The summed E-state index contributed by atoms with van der Waals surface area (Å²) in [5.41, 5.74) is 5.77. The van der Waals surface area contributed by atoms with Gasteiger partial charge < -0.3 is 5.73 Å². The van der Waals surface area contributed by atoms with E-state index in [4.69, 9.17) is 5.73 Å². The molecule has 1 heterocycles. The average molecular weight is 290 g/mol. The SMILES string of the molecule is Nc1ccc(F)c(N2C(=O)CC3(CCCCC3)CC2=O)c1. The lowest BCUT2D eigenvalue weighted by Gasteiger charge is -2.42. The van der Waals surface area contributed by atoms with Gasteiger partial charge in [0.1, 0.15) is 5.82 Å². The van der Waals surface area contributed by atoms with E-state index in [1.165, 1.54) is 18.2 Å². The number of benzene rings is 1. The Morgan fingerprint density at radius 2 is 1.67 bits per heavy atom. The Bertz CT molecular complexity index is 574. The number of hydrogen-bond donors (Lipinski definition) is 1. The van der Waals surface area contributed by atoms with E-state index in [1.807, 2.05) is 0 Å². The fourth-order valence-corrected chi connectivity index (χ4v) is 3.63. The lowest BCUT2D eigenvalue weighted by molar-refractivity contribution is -0.134. The van der Waals surface area contributed by atoms with E-state index < -0.39 is 5.82 Å². The van der Waals surface area contributed by atoms with Crippen molar-refractivity contribution in [2.75, 3.05) is 10.6 Å². The number of nitrogen functional groups attached to an aromatic ring is 1. The van der Waals surface area contributed by atoms with Crippen LogP contribution in [-0.4, -0.2) is 11.8 Å². The molecule has 0 radical (unpaired) electrons. The molecule has 1 spiro atoms. The van der Waals surface area contributed by atoms with Crippen LogP contribution in [0.5, 0.6) is 0 Å². The fourth-order valence-electron chi connectivity index (χ4n) is 3.63. The van der Waals surface area contributed by atoms with Crippen LogP contribution in [0.3, 0.4) is 0 Å². The summed E-state index contributed by atoms with van der Waals surface area (Å²) in [6, 6.07) is 3.96. The molecule has 5 heteroatoms. The maximum Gasteiger partial charge on any atom is 0.234 e. The monoisotopic (exact) mass is 290 g/mol. The van der Waals surface area contributed by atoms with Gasteiger partial charge >= 0.3 is 0 Å². The number of anilines is 2. The molecule has 1 aromatic carbocycles. The van der Waals surface area contributed by atoms with Gasteiger partial charge in [0.15, 0.2) is 0 Å². The zero-order valence-corrected chi connectivity index (χ0v) is 11.9. The Morgan fingerprint density at radius 1 is 1.05 bits per heavy atom. The molecule has 2 N–H and O–H groups in total. The van der Waals surface area contributed by atoms with Crippen molar-refractivity contribution in [3.05, 3.63) is 24.0 Å². The van der Waals surface area contributed by atoms with Crippen LogP contribution in [0.4, 0.5) is 15.8 Å². The number of rotatable bonds is 1. The number of nitrogens with two attached hydrogens (primary N) is 1. The minimum absolute atomic E-state index is 0.0179. The lowest BCUT2D eigenvalue weighted by Crippen LogP contribution is -2.49. The number of halogens is 1. The Balaban J connectivity index is 1.90. The van der Waals surface area contributed by atoms with Gasteiger partial charge in [0.05, 0.1) is 5.69 Å². The van der Waals surface area contributed by atoms with Crippen LogP contribution in [0, 0.1) is 11.2 Å². The molecular formula is C16H19FN2O2. The van der Waals surface area contributed by atoms with Crippen molar-refractivity contribution in [2.45, 2.75) is 44.9 Å². The van der Waals surface area contributed by atoms with E-state index in [0.717, 1.165) is 37.0 Å². The summed E-state index contributed by atoms with van der Waals surface area (Å²) in [5, 5.41) is 0. The maximum absolute atomic E-state index is 13.9. The van der Waals surface area contributed by atoms with Gasteiger partial charge in [-0.3, -0.25) is 9.59 Å². The summed E-state index contributed by atoms with van der Waals surface area (Å²) in [6.07, 6.45) is 5.77. The molecule has 4 nitrogen and oxygen atoms in total. The predicted molar refractivity (Wildman–Crippen MR) is 78.1 cm³/mol. The second-order valence-electron chi connectivity index (χ2n) is 6.25. The molecule has 3 rings (SSSR count). The Labute approximate surface area is 123 Å². The minimum atomic E-state index is -0.592. The van der Waals surface area contributed by atoms with Crippen LogP contribution in [0.2, 0.25) is 0 Å². The first-order valence-corrected chi connectivity index (χ1v) is 7.42. The average Bonchev–Trinajstić information content (AvgIpc) is 2.42. The van der Waals surface area contributed by atoms with E-state index in [9.17, 15) is 14.0 Å². The van der Waals surface area contributed by atoms with Crippen LogP contribution >= 0.6 is 0 Å². The summed E-state index contributed by atoms with van der Waals surface area (Å²) < 4.78 is 13.9. The third-order valence-electron chi connectivity index (χ3n) is 4.68. The van der Waals surface area contributed by atoms with Gasteiger partial charge in [0.2, 0.25) is 11.8 Å². The van der Waals surface area contributed by atoms with Crippen molar-refractivity contribution < 1.29 is 14.0 Å². The summed E-state index contributed by atoms with van der Waals surface area (Å²) in [7, 11) is 0. The highest BCUT2D eigenvalue weighted by Crippen LogP contribution is 2.46. The molecule has 1 aromatic rings. The van der Waals surface area contributed by atoms with Crippen LogP contribution in [0.25, 0.3) is 0 Å². The first-order valence-electron chi connectivity index (χ1n) is 7.42. The number of amides is 2. The van der Waals surface area contributed by atoms with Gasteiger partial charge in [-0.1, -0.05) is 19.3 Å². The molecule has 0 aromatic heterocycles. The van der Waals surface area contributed by atoms with Crippen LogP contribution in [-0.2, 0) is 9.59 Å². The number of carbonyl (C=O) groups excluding carboxylic acids is 2. The zero-order valence-electron chi connectivity index (χ0n) is 11.9. The van der Waals surface area contributed by atoms with Crippen LogP contribution in [0.15, 0.2) is 18.2 Å². The topological polar surface area (TPSA) is 63.4 Å². The maximum atomic E-state index is 13.9. The second-order valence-corrected chi connectivity index (χ2v) is 6.25. The molecule has 0 bridgehead atoms. The van der Waals surface area contributed by atoms with Gasteiger partial charge in [-0.25, -0.2) is 9.29 Å². The van der Waals surface area contributed by atoms with E-state index in [0.29, 0.717) is 18.5 Å².